The molecule has 0 rings (SSSR count). The summed E-state index contributed by atoms with van der Waals surface area (Å²) in [6, 6.07) is 0. The van der Waals surface area contributed by atoms with Gasteiger partial charge in [0.25, 0.3) is 0 Å². The van der Waals surface area contributed by atoms with E-state index in [1.54, 1.807) is 6.08 Å². The van der Waals surface area contributed by atoms with Crippen LogP contribution in [-0.2, 0) is 4.79 Å². The predicted molar refractivity (Wildman–Crippen MR) is 57.7 cm³/mol. The fourth-order valence-corrected chi connectivity index (χ4v) is 0.998. The van der Waals surface area contributed by atoms with E-state index in [0.717, 1.165) is 11.1 Å². The van der Waals surface area contributed by atoms with Crippen molar-refractivity contribution in [3.63, 3.8) is 0 Å². The number of carbonyl (C=O) groups excluding carboxylic acids is 1. The summed E-state index contributed by atoms with van der Waals surface area (Å²) in [5.41, 5.74) is 3.12. The topological polar surface area (TPSA) is 17.1 Å². The zero-order valence-corrected chi connectivity index (χ0v) is 9.56. The summed E-state index contributed by atoms with van der Waals surface area (Å²) in [5, 5.41) is 0. The van der Waals surface area contributed by atoms with Crippen molar-refractivity contribution in [2.75, 3.05) is 0 Å². The Labute approximate surface area is 81.5 Å². The Kier molecular flexibility index (Phi) is 4.68. The molecule has 0 atom stereocenters. The zero-order chi connectivity index (χ0) is 10.6. The van der Waals surface area contributed by atoms with Gasteiger partial charge in [0.2, 0.25) is 0 Å². The van der Waals surface area contributed by atoms with Gasteiger partial charge >= 0.3 is 0 Å². The van der Waals surface area contributed by atoms with Crippen molar-refractivity contribution < 1.29 is 4.79 Å². The molecule has 0 amide bonds. The van der Waals surface area contributed by atoms with Crippen molar-refractivity contribution in [2.24, 2.45) is 5.92 Å². The molecule has 0 heterocycles. The van der Waals surface area contributed by atoms with E-state index >= 15 is 0 Å². The molecular weight excluding hydrogens is 160 g/mol. The average molecular weight is 180 g/mol. The van der Waals surface area contributed by atoms with Gasteiger partial charge < -0.3 is 0 Å². The van der Waals surface area contributed by atoms with Gasteiger partial charge in [0.15, 0.2) is 5.78 Å². The second kappa shape index (κ2) is 5.00. The molecule has 0 N–H and O–H groups in total. The van der Waals surface area contributed by atoms with Crippen molar-refractivity contribution in [3.8, 4) is 0 Å². The molecule has 0 aliphatic carbocycles. The minimum absolute atomic E-state index is 0.145. The molecule has 0 aliphatic rings. The van der Waals surface area contributed by atoms with Gasteiger partial charge in [0.1, 0.15) is 0 Å². The minimum Gasteiger partial charge on any atom is -0.290 e. The normalized spacial score (nSPS) is 12.5. The van der Waals surface area contributed by atoms with Crippen molar-refractivity contribution >= 4 is 5.78 Å². The van der Waals surface area contributed by atoms with Gasteiger partial charge in [0.05, 0.1) is 0 Å². The summed E-state index contributed by atoms with van der Waals surface area (Å²) in [6.07, 6.45) is 1.70. The van der Waals surface area contributed by atoms with Crippen LogP contribution in [0.2, 0.25) is 0 Å². The Bertz CT molecular complexity index is 250. The molecule has 0 aliphatic heterocycles. The van der Waals surface area contributed by atoms with Crippen molar-refractivity contribution in [3.05, 3.63) is 22.8 Å². The molecular formula is C12H20O. The monoisotopic (exact) mass is 180 g/mol. The van der Waals surface area contributed by atoms with Crippen molar-refractivity contribution in [1.82, 2.24) is 0 Å². The van der Waals surface area contributed by atoms with Crippen molar-refractivity contribution in [1.29, 1.82) is 0 Å². The van der Waals surface area contributed by atoms with E-state index < -0.39 is 0 Å². The molecule has 0 aromatic carbocycles. The van der Waals surface area contributed by atoms with Gasteiger partial charge in [-0.15, -0.1) is 0 Å². The molecule has 74 valence electrons. The lowest BCUT2D eigenvalue weighted by Gasteiger charge is -2.08. The molecule has 0 spiro atoms. The molecule has 0 radical (unpaired) electrons. The maximum atomic E-state index is 11.6. The third kappa shape index (κ3) is 4.07. The van der Waals surface area contributed by atoms with E-state index in [0.29, 0.717) is 5.92 Å². The van der Waals surface area contributed by atoms with Crippen molar-refractivity contribution in [2.45, 2.75) is 41.5 Å². The summed E-state index contributed by atoms with van der Waals surface area (Å²) < 4.78 is 0. The second-order valence-electron chi connectivity index (χ2n) is 4.05. The van der Waals surface area contributed by atoms with Crippen LogP contribution in [0.1, 0.15) is 41.5 Å². The smallest absolute Gasteiger partial charge is 0.181 e. The van der Waals surface area contributed by atoms with E-state index in [-0.39, 0.29) is 5.78 Å². The molecule has 0 bridgehead atoms. The summed E-state index contributed by atoms with van der Waals surface area (Å²) in [7, 11) is 0. The van der Waals surface area contributed by atoms with Crippen LogP contribution >= 0.6 is 0 Å². The first-order chi connectivity index (χ1) is 5.86. The van der Waals surface area contributed by atoms with Crippen LogP contribution in [0.4, 0.5) is 0 Å². The first-order valence-corrected chi connectivity index (χ1v) is 4.72. The van der Waals surface area contributed by atoms with Crippen LogP contribution in [0.15, 0.2) is 22.8 Å². The zero-order valence-electron chi connectivity index (χ0n) is 9.56. The average Bonchev–Trinajstić information content (AvgIpc) is 2.00. The summed E-state index contributed by atoms with van der Waals surface area (Å²) in [5.74, 6) is 0.598. The molecule has 0 fully saturated rings. The molecule has 0 aromatic rings. The number of allylic oxidation sites excluding steroid dienone is 4. The second-order valence-corrected chi connectivity index (χ2v) is 4.05. The molecule has 0 saturated heterocycles. The van der Waals surface area contributed by atoms with Crippen LogP contribution < -0.4 is 0 Å². The minimum atomic E-state index is 0.145. The Balaban J connectivity index is 4.79. The first-order valence-electron chi connectivity index (χ1n) is 4.72. The quantitative estimate of drug-likeness (QED) is 0.607. The highest BCUT2D eigenvalue weighted by Gasteiger charge is 2.07. The van der Waals surface area contributed by atoms with Crippen LogP contribution in [0.5, 0.6) is 0 Å². The summed E-state index contributed by atoms with van der Waals surface area (Å²) in [4.78, 5) is 11.6. The molecule has 0 saturated carbocycles. The van der Waals surface area contributed by atoms with Gasteiger partial charge in [0, 0.05) is 0 Å². The molecule has 1 heteroatoms. The van der Waals surface area contributed by atoms with E-state index in [1.165, 1.54) is 5.57 Å². The lowest BCUT2D eigenvalue weighted by Crippen LogP contribution is -2.02. The van der Waals surface area contributed by atoms with Crippen LogP contribution in [-0.4, -0.2) is 5.78 Å². The number of rotatable bonds is 3. The van der Waals surface area contributed by atoms with Crippen LogP contribution in [0, 0.1) is 5.92 Å². The van der Waals surface area contributed by atoms with Gasteiger partial charge in [-0.3, -0.25) is 4.79 Å². The van der Waals surface area contributed by atoms with Gasteiger partial charge in [-0.2, -0.15) is 0 Å². The van der Waals surface area contributed by atoms with E-state index in [2.05, 4.69) is 13.8 Å². The summed E-state index contributed by atoms with van der Waals surface area (Å²) in [6.45, 7) is 12.0. The lowest BCUT2D eigenvalue weighted by molar-refractivity contribution is -0.111. The Morgan fingerprint density at radius 3 is 1.85 bits per heavy atom. The Morgan fingerprint density at radius 2 is 1.54 bits per heavy atom. The Hall–Kier alpha value is -0.850. The van der Waals surface area contributed by atoms with E-state index in [4.69, 9.17) is 0 Å². The third-order valence-electron chi connectivity index (χ3n) is 2.25. The van der Waals surface area contributed by atoms with Gasteiger partial charge in [-0.25, -0.2) is 0 Å². The highest BCUT2D eigenvalue weighted by Crippen LogP contribution is 2.15. The number of hydrogen-bond acceptors (Lipinski definition) is 1. The predicted octanol–water partition coefficient (Wildman–Crippen LogP) is 3.51. The van der Waals surface area contributed by atoms with E-state index in [9.17, 15) is 4.79 Å². The highest BCUT2D eigenvalue weighted by molar-refractivity contribution is 6.04. The number of ketones is 1. The molecule has 1 nitrogen and oxygen atoms in total. The third-order valence-corrected chi connectivity index (χ3v) is 2.25. The van der Waals surface area contributed by atoms with Gasteiger partial charge in [-0.05, 0) is 45.3 Å². The summed E-state index contributed by atoms with van der Waals surface area (Å²) >= 11 is 0. The molecule has 13 heavy (non-hydrogen) atoms. The maximum Gasteiger partial charge on any atom is 0.181 e. The molecule has 0 aromatic heterocycles. The van der Waals surface area contributed by atoms with Gasteiger partial charge in [-0.1, -0.05) is 25.0 Å². The lowest BCUT2D eigenvalue weighted by atomic mass is 9.97. The highest BCUT2D eigenvalue weighted by atomic mass is 16.1. The van der Waals surface area contributed by atoms with E-state index in [1.807, 2.05) is 27.7 Å². The largest absolute Gasteiger partial charge is 0.290 e. The van der Waals surface area contributed by atoms with Crippen LogP contribution in [0.25, 0.3) is 0 Å². The first kappa shape index (κ1) is 12.2. The number of hydrogen-bond donors (Lipinski definition) is 0. The van der Waals surface area contributed by atoms with Crippen LogP contribution in [0.3, 0.4) is 0 Å². The Morgan fingerprint density at radius 1 is 1.08 bits per heavy atom. The standard InChI is InChI=1S/C12H20O/c1-8(2)7-12(13)11(6)10(5)9(3)4/h7,9H,1-6H3. The maximum absolute atomic E-state index is 11.6. The fourth-order valence-electron chi connectivity index (χ4n) is 0.998. The fraction of sp³-hybridized carbons (Fsp3) is 0.583. The SMILES string of the molecule is CC(C)=CC(=O)C(C)=C(C)C(C)C. The number of carbonyl (C=O) groups is 1. The molecule has 0 unspecified atom stereocenters.